The molecule has 5 nitrogen and oxygen atoms in total. The van der Waals surface area contributed by atoms with Crippen LogP contribution in [0.25, 0.3) is 0 Å². The number of fused-ring (bicyclic) bond motifs is 4. The molecule has 1 fully saturated rings. The third-order valence-corrected chi connectivity index (χ3v) is 4.90. The lowest BCUT2D eigenvalue weighted by molar-refractivity contribution is -0.145. The molecule has 128 valence electrons. The van der Waals surface area contributed by atoms with Gasteiger partial charge >= 0.3 is 0 Å². The van der Waals surface area contributed by atoms with Gasteiger partial charge in [0.2, 0.25) is 11.8 Å². The molecule has 1 saturated heterocycles. The van der Waals surface area contributed by atoms with Crippen molar-refractivity contribution < 1.29 is 14.3 Å². The monoisotopic (exact) mass is 336 g/mol. The Hall–Kier alpha value is -2.82. The van der Waals surface area contributed by atoms with E-state index < -0.39 is 11.6 Å². The number of amides is 2. The molecular formula is C20H20N2O3. The second kappa shape index (κ2) is 5.62. The van der Waals surface area contributed by atoms with Crippen LogP contribution in [0.1, 0.15) is 30.4 Å². The van der Waals surface area contributed by atoms with E-state index in [1.54, 1.807) is 0 Å². The number of hydrogen-bond acceptors (Lipinski definition) is 3. The number of nitrogens with one attached hydrogen (secondary N) is 2. The summed E-state index contributed by atoms with van der Waals surface area (Å²) in [5, 5.41) is 5.76. The Morgan fingerprint density at radius 2 is 2.04 bits per heavy atom. The van der Waals surface area contributed by atoms with E-state index >= 15 is 0 Å². The molecular weight excluding hydrogens is 316 g/mol. The molecule has 2 aromatic carbocycles. The predicted molar refractivity (Wildman–Crippen MR) is 94.3 cm³/mol. The number of carbonyl (C=O) groups is 2. The highest BCUT2D eigenvalue weighted by molar-refractivity contribution is 6.08. The maximum atomic E-state index is 12.9. The molecule has 0 radical (unpaired) electrons. The van der Waals surface area contributed by atoms with Gasteiger partial charge in [0.25, 0.3) is 0 Å². The predicted octanol–water partition coefficient (Wildman–Crippen LogP) is 2.96. The fourth-order valence-corrected chi connectivity index (χ4v) is 3.83. The van der Waals surface area contributed by atoms with E-state index in [1.807, 2.05) is 62.4 Å². The Kier molecular flexibility index (Phi) is 3.53. The fraction of sp³-hybridized carbons (Fsp3) is 0.300. The largest absolute Gasteiger partial charge is 0.468 e. The first-order chi connectivity index (χ1) is 12.0. The summed E-state index contributed by atoms with van der Waals surface area (Å²) < 4.78 is 5.96. The fourth-order valence-electron chi connectivity index (χ4n) is 3.83. The van der Waals surface area contributed by atoms with Crippen LogP contribution in [-0.2, 0) is 9.59 Å². The van der Waals surface area contributed by atoms with Crippen LogP contribution in [0, 0.1) is 12.8 Å². The highest BCUT2D eigenvalue weighted by Crippen LogP contribution is 2.46. The van der Waals surface area contributed by atoms with E-state index in [0.29, 0.717) is 12.1 Å². The van der Waals surface area contributed by atoms with Crippen molar-refractivity contribution in [2.24, 2.45) is 5.92 Å². The minimum absolute atomic E-state index is 0.200. The quantitative estimate of drug-likeness (QED) is 0.829. The van der Waals surface area contributed by atoms with Gasteiger partial charge in [0.05, 0.1) is 0 Å². The molecule has 25 heavy (non-hydrogen) atoms. The van der Waals surface area contributed by atoms with E-state index in [9.17, 15) is 9.59 Å². The van der Waals surface area contributed by atoms with Gasteiger partial charge in [0.1, 0.15) is 11.7 Å². The molecule has 3 atom stereocenters. The standard InChI is InChI=1S/C20H20N2O3/c1-12-6-5-7-13(10-12)21-18(23)17-15-11-20(2,22-19(17)24)25-16-9-4-3-8-14(15)16/h3-10,15,17H,11H2,1-2H3,(H,21,23)(H,22,24)/t15-,17+,20+/m0/s1. The maximum Gasteiger partial charge on any atom is 0.237 e. The summed E-state index contributed by atoms with van der Waals surface area (Å²) in [5.41, 5.74) is 1.90. The zero-order valence-electron chi connectivity index (χ0n) is 14.2. The van der Waals surface area contributed by atoms with E-state index in [-0.39, 0.29) is 17.7 Å². The molecule has 4 rings (SSSR count). The SMILES string of the molecule is Cc1cccc(NC(=O)[C@@H]2C(=O)N[C@@]3(C)C[C@H]2c2ccccc2O3)c1. The number of aryl methyl sites for hydroxylation is 1. The molecule has 0 aliphatic carbocycles. The average Bonchev–Trinajstić information content (AvgIpc) is 2.53. The Morgan fingerprint density at radius 3 is 2.84 bits per heavy atom. The van der Waals surface area contributed by atoms with Crippen molar-refractivity contribution in [3.63, 3.8) is 0 Å². The lowest BCUT2D eigenvalue weighted by atomic mass is 9.74. The molecule has 0 aromatic heterocycles. The summed E-state index contributed by atoms with van der Waals surface area (Å²) in [5.74, 6) is -0.827. The van der Waals surface area contributed by atoms with Crippen LogP contribution in [0.3, 0.4) is 0 Å². The maximum absolute atomic E-state index is 12.9. The molecule has 0 unspecified atom stereocenters. The van der Waals surface area contributed by atoms with Crippen LogP contribution in [0.15, 0.2) is 48.5 Å². The molecule has 2 heterocycles. The number of ether oxygens (including phenoxy) is 1. The van der Waals surface area contributed by atoms with Gasteiger partial charge in [-0.25, -0.2) is 0 Å². The highest BCUT2D eigenvalue weighted by Gasteiger charge is 2.51. The van der Waals surface area contributed by atoms with Crippen molar-refractivity contribution >= 4 is 17.5 Å². The molecule has 2 aliphatic rings. The third kappa shape index (κ3) is 2.76. The van der Waals surface area contributed by atoms with Gasteiger partial charge in [0.15, 0.2) is 5.72 Å². The minimum Gasteiger partial charge on any atom is -0.468 e. The molecule has 2 aliphatic heterocycles. The van der Waals surface area contributed by atoms with E-state index in [0.717, 1.165) is 16.9 Å². The number of benzene rings is 2. The number of piperidine rings is 1. The van der Waals surface area contributed by atoms with Crippen LogP contribution in [0.2, 0.25) is 0 Å². The number of para-hydroxylation sites is 1. The average molecular weight is 336 g/mol. The molecule has 5 heteroatoms. The molecule has 2 bridgehead atoms. The van der Waals surface area contributed by atoms with Gasteiger partial charge in [-0.2, -0.15) is 0 Å². The first-order valence-electron chi connectivity index (χ1n) is 8.43. The van der Waals surface area contributed by atoms with E-state index in [2.05, 4.69) is 10.6 Å². The van der Waals surface area contributed by atoms with Crippen molar-refractivity contribution in [2.45, 2.75) is 31.9 Å². The van der Waals surface area contributed by atoms with Crippen molar-refractivity contribution in [1.29, 1.82) is 0 Å². The Balaban J connectivity index is 1.67. The van der Waals surface area contributed by atoms with E-state index in [1.165, 1.54) is 0 Å². The minimum atomic E-state index is -0.779. The number of rotatable bonds is 2. The lowest BCUT2D eigenvalue weighted by Gasteiger charge is -2.46. The first kappa shape index (κ1) is 15.7. The number of anilines is 1. The summed E-state index contributed by atoms with van der Waals surface area (Å²) in [4.78, 5) is 25.6. The second-order valence-electron chi connectivity index (χ2n) is 7.01. The van der Waals surface area contributed by atoms with Crippen molar-refractivity contribution in [3.05, 3.63) is 59.7 Å². The van der Waals surface area contributed by atoms with Gasteiger partial charge in [-0.15, -0.1) is 0 Å². The topological polar surface area (TPSA) is 67.4 Å². The van der Waals surface area contributed by atoms with Crippen LogP contribution in [-0.4, -0.2) is 17.5 Å². The van der Waals surface area contributed by atoms with Gasteiger partial charge in [-0.1, -0.05) is 30.3 Å². The van der Waals surface area contributed by atoms with Gasteiger partial charge in [-0.3, -0.25) is 9.59 Å². The smallest absolute Gasteiger partial charge is 0.237 e. The van der Waals surface area contributed by atoms with Gasteiger partial charge in [-0.05, 0) is 43.2 Å². The molecule has 2 aromatic rings. The molecule has 2 amide bonds. The van der Waals surface area contributed by atoms with Crippen LogP contribution >= 0.6 is 0 Å². The number of hydrogen-bond donors (Lipinski definition) is 2. The second-order valence-corrected chi connectivity index (χ2v) is 7.01. The highest BCUT2D eigenvalue weighted by atomic mass is 16.5. The van der Waals surface area contributed by atoms with Crippen molar-refractivity contribution in [2.75, 3.05) is 5.32 Å². The van der Waals surface area contributed by atoms with Crippen molar-refractivity contribution in [3.8, 4) is 5.75 Å². The molecule has 2 N–H and O–H groups in total. The van der Waals surface area contributed by atoms with E-state index in [4.69, 9.17) is 4.74 Å². The molecule has 0 saturated carbocycles. The number of carbonyl (C=O) groups excluding carboxylic acids is 2. The Labute approximate surface area is 146 Å². The zero-order chi connectivity index (χ0) is 17.6. The zero-order valence-corrected chi connectivity index (χ0v) is 14.2. The first-order valence-corrected chi connectivity index (χ1v) is 8.43. The summed E-state index contributed by atoms with van der Waals surface area (Å²) in [7, 11) is 0. The summed E-state index contributed by atoms with van der Waals surface area (Å²) in [6.45, 7) is 3.81. The summed E-state index contributed by atoms with van der Waals surface area (Å²) >= 11 is 0. The Bertz CT molecular complexity index is 864. The normalized spacial score (nSPS) is 26.9. The summed E-state index contributed by atoms with van der Waals surface area (Å²) in [6, 6.07) is 15.2. The summed E-state index contributed by atoms with van der Waals surface area (Å²) in [6.07, 6.45) is 0.571. The van der Waals surface area contributed by atoms with Crippen LogP contribution in [0.4, 0.5) is 5.69 Å². The molecule has 0 spiro atoms. The van der Waals surface area contributed by atoms with Crippen LogP contribution < -0.4 is 15.4 Å². The third-order valence-electron chi connectivity index (χ3n) is 4.90. The van der Waals surface area contributed by atoms with Gasteiger partial charge in [0, 0.05) is 18.0 Å². The lowest BCUT2D eigenvalue weighted by Crippen LogP contribution is -2.62. The van der Waals surface area contributed by atoms with Crippen LogP contribution in [0.5, 0.6) is 5.75 Å². The van der Waals surface area contributed by atoms with Gasteiger partial charge < -0.3 is 15.4 Å². The van der Waals surface area contributed by atoms with Crippen molar-refractivity contribution in [1.82, 2.24) is 5.32 Å². The Morgan fingerprint density at radius 1 is 1.24 bits per heavy atom.